The third kappa shape index (κ3) is 3.30. The van der Waals surface area contributed by atoms with Crippen molar-refractivity contribution in [2.45, 2.75) is 40.5 Å². The molecule has 3 aromatic carbocycles. The van der Waals surface area contributed by atoms with Gasteiger partial charge in [0.2, 0.25) is 5.69 Å². The molecule has 0 fully saturated rings. The zero-order valence-corrected chi connectivity index (χ0v) is 20.7. The minimum Gasteiger partial charge on any atom is -0.456 e. The lowest BCUT2D eigenvalue weighted by molar-refractivity contribution is -0.660. The van der Waals surface area contributed by atoms with Crippen molar-refractivity contribution in [3.05, 3.63) is 94.5 Å². The van der Waals surface area contributed by atoms with Gasteiger partial charge in [-0.15, -0.1) is 0 Å². The summed E-state index contributed by atoms with van der Waals surface area (Å²) in [6, 6.07) is 18.6. The van der Waals surface area contributed by atoms with Gasteiger partial charge in [0.05, 0.1) is 12.1 Å². The van der Waals surface area contributed by atoms with Gasteiger partial charge in [-0.25, -0.2) is 9.41 Å². The van der Waals surface area contributed by atoms with Crippen molar-refractivity contribution in [2.24, 2.45) is 7.05 Å². The van der Waals surface area contributed by atoms with Crippen LogP contribution in [0.3, 0.4) is 0 Å². The monoisotopic (exact) mass is 445 g/mol. The van der Waals surface area contributed by atoms with E-state index in [1.54, 1.807) is 0 Å². The first-order valence-electron chi connectivity index (χ1n) is 11.7. The molecule has 0 aliphatic carbocycles. The topological polar surface area (TPSA) is 21.4 Å². The Morgan fingerprint density at radius 2 is 1.59 bits per heavy atom. The molecule has 5 rings (SSSR count). The molecule has 0 unspecified atom stereocenters. The third-order valence-electron chi connectivity index (χ3n) is 6.86. The fourth-order valence-electron chi connectivity index (χ4n) is 5.33. The van der Waals surface area contributed by atoms with E-state index in [2.05, 4.69) is 69.4 Å². The fourth-order valence-corrected chi connectivity index (χ4v) is 5.33. The van der Waals surface area contributed by atoms with Crippen molar-refractivity contribution in [1.82, 2.24) is 0 Å². The molecule has 2 heterocycles. The Morgan fingerprint density at radius 1 is 0.853 bits per heavy atom. The number of pyridine rings is 1. The number of aryl methyl sites for hydroxylation is 4. The van der Waals surface area contributed by atoms with E-state index in [0.29, 0.717) is 11.6 Å². The number of hydrogen-bond acceptors (Lipinski definition) is 1. The van der Waals surface area contributed by atoms with Gasteiger partial charge < -0.3 is 4.42 Å². The predicted octanol–water partition coefficient (Wildman–Crippen LogP) is 8.34. The van der Waals surface area contributed by atoms with Gasteiger partial charge in [-0.3, -0.25) is 0 Å². The zero-order chi connectivity index (χ0) is 24.1. The van der Waals surface area contributed by atoms with Crippen molar-refractivity contribution in [3.63, 3.8) is 0 Å². The summed E-state index contributed by atoms with van der Waals surface area (Å²) in [7, 11) is 2.10. The average molecular weight is 446 g/mol. The van der Waals surface area contributed by atoms with Crippen molar-refractivity contribution in [2.75, 3.05) is 0 Å². The molecular weight excluding hydrogens is 416 g/mol. The smallest absolute Gasteiger partial charge is 0.216 e. The molecule has 0 saturated carbocycles. The largest absolute Gasteiger partial charge is 0.456 e. The Labute approximate surface area is 201 Å². The summed E-state index contributed by atoms with van der Waals surface area (Å²) in [6.45, 7) is 18.7. The number of aromatic nitrogens is 1. The highest BCUT2D eigenvalue weighted by atomic mass is 16.3. The normalized spacial score (nSPS) is 11.5. The number of rotatable bonds is 3. The molecule has 2 aromatic heterocycles. The maximum absolute atomic E-state index is 7.79. The quantitative estimate of drug-likeness (QED) is 0.202. The van der Waals surface area contributed by atoms with Gasteiger partial charge >= 0.3 is 0 Å². The van der Waals surface area contributed by atoms with Crippen LogP contribution in [0.15, 0.2) is 65.2 Å². The summed E-state index contributed by atoms with van der Waals surface area (Å²) in [6.07, 6.45) is 2.21. The van der Waals surface area contributed by atoms with Crippen LogP contribution in [0.2, 0.25) is 0 Å². The maximum Gasteiger partial charge on any atom is 0.216 e. The van der Waals surface area contributed by atoms with Gasteiger partial charge in [-0.2, -0.15) is 0 Å². The Morgan fingerprint density at radius 3 is 2.26 bits per heavy atom. The van der Waals surface area contributed by atoms with E-state index >= 15 is 0 Å². The van der Waals surface area contributed by atoms with Crippen LogP contribution in [0.25, 0.3) is 49.2 Å². The standard InChI is InChI=1S/C31H29N2O/c1-18(2)24-16-26(33(7)17-21(24)5)28-20(4)15-19(3)27-23-13-14-25(32-6)29(30(23)34-31(27)28)22-11-9-8-10-12-22/h8-18H,1-5,7H3/q+1. The molecular formula is C31H29N2O+. The van der Waals surface area contributed by atoms with E-state index in [-0.39, 0.29) is 0 Å². The van der Waals surface area contributed by atoms with Gasteiger partial charge in [0.15, 0.2) is 11.9 Å². The highest BCUT2D eigenvalue weighted by Crippen LogP contribution is 2.45. The molecule has 0 aliphatic rings. The minimum absolute atomic E-state index is 0.433. The highest BCUT2D eigenvalue weighted by Gasteiger charge is 2.25. The van der Waals surface area contributed by atoms with Crippen LogP contribution >= 0.6 is 0 Å². The summed E-state index contributed by atoms with van der Waals surface area (Å²) in [5.41, 5.74) is 11.4. The van der Waals surface area contributed by atoms with Crippen LogP contribution in [-0.4, -0.2) is 0 Å². The van der Waals surface area contributed by atoms with Gasteiger partial charge in [0, 0.05) is 28.0 Å². The second kappa shape index (κ2) is 8.15. The van der Waals surface area contributed by atoms with Crippen molar-refractivity contribution in [1.29, 1.82) is 0 Å². The molecule has 0 atom stereocenters. The fraction of sp³-hybridized carbons (Fsp3) is 0.226. The van der Waals surface area contributed by atoms with Gasteiger partial charge in [-0.05, 0) is 48.9 Å². The molecule has 3 nitrogen and oxygen atoms in total. The van der Waals surface area contributed by atoms with E-state index in [4.69, 9.17) is 11.0 Å². The minimum atomic E-state index is 0.433. The first kappa shape index (κ1) is 21.9. The third-order valence-corrected chi connectivity index (χ3v) is 6.86. The van der Waals surface area contributed by atoms with Crippen LogP contribution in [0, 0.1) is 27.3 Å². The number of hydrogen-bond donors (Lipinski definition) is 0. The number of nitrogens with zero attached hydrogens (tertiary/aromatic N) is 2. The summed E-state index contributed by atoms with van der Waals surface area (Å²) >= 11 is 0. The average Bonchev–Trinajstić information content (AvgIpc) is 3.19. The molecule has 0 spiro atoms. The number of benzene rings is 3. The van der Waals surface area contributed by atoms with Crippen LogP contribution in [0.1, 0.15) is 42.0 Å². The first-order valence-corrected chi connectivity index (χ1v) is 11.7. The lowest BCUT2D eigenvalue weighted by atomic mass is 9.93. The molecule has 5 aromatic rings. The zero-order valence-electron chi connectivity index (χ0n) is 20.7. The predicted molar refractivity (Wildman–Crippen MR) is 140 cm³/mol. The lowest BCUT2D eigenvalue weighted by Crippen LogP contribution is -2.32. The lowest BCUT2D eigenvalue weighted by Gasteiger charge is -2.13. The Hall–Kier alpha value is -3.90. The molecule has 0 radical (unpaired) electrons. The number of fused-ring (bicyclic) bond motifs is 3. The SMILES string of the molecule is [C-]#[N+]c1ccc2c(oc3c(-c4cc(C(C)C)c(C)c[n+]4C)c(C)cc(C)c32)c1-c1ccccc1. The van der Waals surface area contributed by atoms with Gasteiger partial charge in [0.1, 0.15) is 18.2 Å². The van der Waals surface area contributed by atoms with E-state index in [9.17, 15) is 0 Å². The second-order valence-corrected chi connectivity index (χ2v) is 9.57. The Bertz CT molecular complexity index is 1620. The maximum atomic E-state index is 7.79. The molecule has 0 saturated heterocycles. The molecule has 34 heavy (non-hydrogen) atoms. The summed E-state index contributed by atoms with van der Waals surface area (Å²) in [5.74, 6) is 0.433. The Balaban J connectivity index is 1.94. The summed E-state index contributed by atoms with van der Waals surface area (Å²) in [4.78, 5) is 3.83. The van der Waals surface area contributed by atoms with Crippen LogP contribution in [-0.2, 0) is 7.05 Å². The van der Waals surface area contributed by atoms with E-state index in [1.807, 2.05) is 42.5 Å². The van der Waals surface area contributed by atoms with Gasteiger partial charge in [0.25, 0.3) is 0 Å². The molecule has 0 aliphatic heterocycles. The van der Waals surface area contributed by atoms with Crippen molar-refractivity contribution >= 4 is 27.6 Å². The van der Waals surface area contributed by atoms with Crippen LogP contribution in [0.5, 0.6) is 0 Å². The second-order valence-electron chi connectivity index (χ2n) is 9.57. The van der Waals surface area contributed by atoms with E-state index in [1.165, 1.54) is 22.3 Å². The molecule has 0 N–H and O–H groups in total. The van der Waals surface area contributed by atoms with Gasteiger partial charge in [-0.1, -0.05) is 62.4 Å². The highest BCUT2D eigenvalue weighted by molar-refractivity contribution is 6.16. The van der Waals surface area contributed by atoms with E-state index in [0.717, 1.165) is 44.3 Å². The van der Waals surface area contributed by atoms with E-state index < -0.39 is 0 Å². The molecule has 3 heteroatoms. The Kier molecular flexibility index (Phi) is 5.25. The molecule has 0 amide bonds. The summed E-state index contributed by atoms with van der Waals surface area (Å²) < 4.78 is 8.96. The summed E-state index contributed by atoms with van der Waals surface area (Å²) in [5, 5.41) is 2.18. The van der Waals surface area contributed by atoms with Crippen LogP contribution in [0.4, 0.5) is 5.69 Å². The van der Waals surface area contributed by atoms with Crippen molar-refractivity contribution in [3.8, 4) is 22.4 Å². The number of furan rings is 1. The van der Waals surface area contributed by atoms with Crippen LogP contribution < -0.4 is 4.57 Å². The molecule has 0 bridgehead atoms. The van der Waals surface area contributed by atoms with Crippen molar-refractivity contribution < 1.29 is 8.98 Å². The first-order chi connectivity index (χ1) is 16.3. The molecule has 168 valence electrons.